The van der Waals surface area contributed by atoms with Crippen LogP contribution in [-0.2, 0) is 14.8 Å². The number of carbonyl (C=O) groups excluding carboxylic acids is 1. The van der Waals surface area contributed by atoms with Crippen LogP contribution in [0.1, 0.15) is 26.7 Å². The summed E-state index contributed by atoms with van der Waals surface area (Å²) in [6.07, 6.45) is 0.934. The van der Waals surface area contributed by atoms with Gasteiger partial charge in [0, 0.05) is 29.7 Å². The molecule has 1 aliphatic heterocycles. The van der Waals surface area contributed by atoms with Crippen LogP contribution in [0.5, 0.6) is 5.75 Å². The zero-order valence-electron chi connectivity index (χ0n) is 16.8. The fourth-order valence-electron chi connectivity index (χ4n) is 3.31. The van der Waals surface area contributed by atoms with Gasteiger partial charge < -0.3 is 10.1 Å². The Morgan fingerprint density at radius 1 is 1.10 bits per heavy atom. The largest absolute Gasteiger partial charge is 0.491 e. The van der Waals surface area contributed by atoms with Gasteiger partial charge in [0.05, 0.1) is 11.1 Å². The number of rotatable bonds is 6. The van der Waals surface area contributed by atoms with Crippen LogP contribution in [0.4, 0.5) is 5.69 Å². The van der Waals surface area contributed by atoms with Crippen molar-refractivity contribution in [1.82, 2.24) is 4.31 Å². The first kappa shape index (κ1) is 22.9. The number of nitrogens with zero attached hydrogens (tertiary/aromatic N) is 1. The summed E-state index contributed by atoms with van der Waals surface area (Å²) in [4.78, 5) is 12.6. The molecule has 1 fully saturated rings. The molecule has 162 valence electrons. The standard InChI is InChI=1S/C21H24Cl2N2O4S/c1-14(2)29-18-6-4-17(5-7-18)24-21(26)15-9-11-25(12-10-15)30(27,28)20-13-16(22)3-8-19(20)23/h3-8,13-15H,9-12H2,1-2H3,(H,24,26). The van der Waals surface area contributed by atoms with E-state index in [0.29, 0.717) is 23.6 Å². The third-order valence-corrected chi connectivity index (χ3v) is 7.44. The Bertz CT molecular complexity index is 1000. The third kappa shape index (κ3) is 5.46. The zero-order chi connectivity index (χ0) is 21.9. The van der Waals surface area contributed by atoms with Crippen LogP contribution < -0.4 is 10.1 Å². The number of nitrogens with one attached hydrogen (secondary N) is 1. The van der Waals surface area contributed by atoms with E-state index in [4.69, 9.17) is 27.9 Å². The summed E-state index contributed by atoms with van der Waals surface area (Å²) in [5, 5.41) is 3.32. The molecule has 2 aromatic carbocycles. The summed E-state index contributed by atoms with van der Waals surface area (Å²) in [5.74, 6) is 0.351. The lowest BCUT2D eigenvalue weighted by atomic mass is 9.97. The van der Waals surface area contributed by atoms with Crippen LogP contribution in [-0.4, -0.2) is 37.8 Å². The van der Waals surface area contributed by atoms with Crippen LogP contribution in [0.3, 0.4) is 0 Å². The maximum absolute atomic E-state index is 12.9. The van der Waals surface area contributed by atoms with Crippen molar-refractivity contribution in [2.24, 2.45) is 5.92 Å². The van der Waals surface area contributed by atoms with Crippen molar-refractivity contribution in [1.29, 1.82) is 0 Å². The molecule has 1 aliphatic rings. The van der Waals surface area contributed by atoms with E-state index >= 15 is 0 Å². The van der Waals surface area contributed by atoms with Crippen molar-refractivity contribution in [2.45, 2.75) is 37.7 Å². The van der Waals surface area contributed by atoms with Gasteiger partial charge in [0.2, 0.25) is 15.9 Å². The second-order valence-electron chi connectivity index (χ2n) is 7.43. The number of anilines is 1. The predicted molar refractivity (Wildman–Crippen MR) is 119 cm³/mol. The Balaban J connectivity index is 1.59. The van der Waals surface area contributed by atoms with Crippen molar-refractivity contribution < 1.29 is 17.9 Å². The molecule has 0 bridgehead atoms. The normalized spacial score (nSPS) is 15.9. The van der Waals surface area contributed by atoms with E-state index in [2.05, 4.69) is 5.32 Å². The van der Waals surface area contributed by atoms with E-state index in [-0.39, 0.29) is 40.9 Å². The molecule has 0 unspecified atom stereocenters. The van der Waals surface area contributed by atoms with Gasteiger partial charge in [-0.05, 0) is 69.2 Å². The average molecular weight is 471 g/mol. The minimum atomic E-state index is -3.77. The Hall–Kier alpha value is -1.80. The number of piperidine rings is 1. The first-order chi connectivity index (χ1) is 14.2. The Labute approximate surface area is 187 Å². The van der Waals surface area contributed by atoms with Gasteiger partial charge in [-0.15, -0.1) is 0 Å². The highest BCUT2D eigenvalue weighted by atomic mass is 35.5. The molecule has 3 rings (SSSR count). The number of benzene rings is 2. The molecule has 6 nitrogen and oxygen atoms in total. The highest BCUT2D eigenvalue weighted by Crippen LogP contribution is 2.30. The Kier molecular flexibility index (Phi) is 7.29. The van der Waals surface area contributed by atoms with Crippen LogP contribution in [0.2, 0.25) is 10.0 Å². The van der Waals surface area contributed by atoms with E-state index in [1.807, 2.05) is 13.8 Å². The van der Waals surface area contributed by atoms with Crippen LogP contribution >= 0.6 is 23.2 Å². The van der Waals surface area contributed by atoms with E-state index in [1.54, 1.807) is 30.3 Å². The second-order valence-corrected chi connectivity index (χ2v) is 10.2. The van der Waals surface area contributed by atoms with Gasteiger partial charge in [-0.3, -0.25) is 4.79 Å². The zero-order valence-corrected chi connectivity index (χ0v) is 19.1. The predicted octanol–water partition coefficient (Wildman–Crippen LogP) is 4.82. The summed E-state index contributed by atoms with van der Waals surface area (Å²) in [5.41, 5.74) is 0.678. The highest BCUT2D eigenvalue weighted by Gasteiger charge is 2.33. The molecule has 0 radical (unpaired) electrons. The topological polar surface area (TPSA) is 75.7 Å². The summed E-state index contributed by atoms with van der Waals surface area (Å²) in [6.45, 7) is 4.38. The van der Waals surface area contributed by atoms with Crippen molar-refractivity contribution in [2.75, 3.05) is 18.4 Å². The van der Waals surface area contributed by atoms with Crippen molar-refractivity contribution >= 4 is 44.8 Å². The van der Waals surface area contributed by atoms with Gasteiger partial charge in [0.25, 0.3) is 0 Å². The molecule has 0 atom stereocenters. The van der Waals surface area contributed by atoms with Crippen LogP contribution in [0.25, 0.3) is 0 Å². The Morgan fingerprint density at radius 3 is 2.33 bits per heavy atom. The fourth-order valence-corrected chi connectivity index (χ4v) is 5.51. The fraction of sp³-hybridized carbons (Fsp3) is 0.381. The van der Waals surface area contributed by atoms with Gasteiger partial charge in [-0.25, -0.2) is 8.42 Å². The monoisotopic (exact) mass is 470 g/mol. The lowest BCUT2D eigenvalue weighted by molar-refractivity contribution is -0.120. The van der Waals surface area contributed by atoms with Crippen molar-refractivity contribution in [3.63, 3.8) is 0 Å². The van der Waals surface area contributed by atoms with Crippen molar-refractivity contribution in [3.8, 4) is 5.75 Å². The molecule has 0 spiro atoms. The van der Waals surface area contributed by atoms with Crippen LogP contribution in [0, 0.1) is 5.92 Å². The first-order valence-corrected chi connectivity index (χ1v) is 11.9. The molecule has 1 amide bonds. The minimum absolute atomic E-state index is 0.0109. The second kappa shape index (κ2) is 9.56. The SMILES string of the molecule is CC(C)Oc1ccc(NC(=O)C2CCN(S(=O)(=O)c3cc(Cl)ccc3Cl)CC2)cc1. The maximum atomic E-state index is 12.9. The lowest BCUT2D eigenvalue weighted by Crippen LogP contribution is -2.41. The Morgan fingerprint density at radius 2 is 1.73 bits per heavy atom. The number of hydrogen-bond donors (Lipinski definition) is 1. The summed E-state index contributed by atoms with van der Waals surface area (Å²) < 4.78 is 32.8. The number of amides is 1. The van der Waals surface area contributed by atoms with Crippen LogP contribution in [0.15, 0.2) is 47.4 Å². The summed E-state index contributed by atoms with van der Waals surface area (Å²) in [7, 11) is -3.77. The van der Waals surface area contributed by atoms with E-state index in [9.17, 15) is 13.2 Å². The number of ether oxygens (including phenoxy) is 1. The average Bonchev–Trinajstić information content (AvgIpc) is 2.71. The van der Waals surface area contributed by atoms with E-state index in [0.717, 1.165) is 5.75 Å². The summed E-state index contributed by atoms with van der Waals surface area (Å²) >= 11 is 12.0. The summed E-state index contributed by atoms with van der Waals surface area (Å²) in [6, 6.07) is 11.5. The molecular formula is C21H24Cl2N2O4S. The molecule has 2 aromatic rings. The highest BCUT2D eigenvalue weighted by molar-refractivity contribution is 7.89. The lowest BCUT2D eigenvalue weighted by Gasteiger charge is -2.30. The molecule has 9 heteroatoms. The van der Waals surface area contributed by atoms with E-state index in [1.165, 1.54) is 16.4 Å². The molecule has 1 heterocycles. The maximum Gasteiger partial charge on any atom is 0.244 e. The first-order valence-electron chi connectivity index (χ1n) is 9.69. The molecule has 0 saturated carbocycles. The minimum Gasteiger partial charge on any atom is -0.491 e. The number of hydrogen-bond acceptors (Lipinski definition) is 4. The van der Waals surface area contributed by atoms with Gasteiger partial charge >= 0.3 is 0 Å². The molecule has 1 saturated heterocycles. The number of sulfonamides is 1. The molecule has 0 aliphatic carbocycles. The molecule has 30 heavy (non-hydrogen) atoms. The quantitative estimate of drug-likeness (QED) is 0.656. The van der Waals surface area contributed by atoms with E-state index < -0.39 is 10.0 Å². The number of carbonyl (C=O) groups is 1. The molecular weight excluding hydrogens is 447 g/mol. The smallest absolute Gasteiger partial charge is 0.244 e. The number of halogens is 2. The van der Waals surface area contributed by atoms with Gasteiger partial charge in [-0.2, -0.15) is 4.31 Å². The third-order valence-electron chi connectivity index (χ3n) is 4.83. The van der Waals surface area contributed by atoms with Gasteiger partial charge in [0.15, 0.2) is 0 Å². The van der Waals surface area contributed by atoms with Gasteiger partial charge in [0.1, 0.15) is 10.6 Å². The molecule has 0 aromatic heterocycles. The van der Waals surface area contributed by atoms with Gasteiger partial charge in [-0.1, -0.05) is 23.2 Å². The molecule has 1 N–H and O–H groups in total. The van der Waals surface area contributed by atoms with Crippen molar-refractivity contribution in [3.05, 3.63) is 52.5 Å².